The SMILES string of the molecule is CCCCN1C(=O)[C@@H]2[C@@H](C(C)C)[NH2+][C@@]3(C(=O)Nc4ccc(C)cc43)[C@@H]2C1=O. The van der Waals surface area contributed by atoms with Gasteiger partial charge in [0.05, 0.1) is 5.69 Å². The first-order chi connectivity index (χ1) is 12.8. The summed E-state index contributed by atoms with van der Waals surface area (Å²) in [4.78, 5) is 41.2. The van der Waals surface area contributed by atoms with E-state index in [2.05, 4.69) is 19.2 Å². The predicted molar refractivity (Wildman–Crippen MR) is 101 cm³/mol. The van der Waals surface area contributed by atoms with Crippen molar-refractivity contribution in [2.24, 2.45) is 17.8 Å². The molecular formula is C21H28N3O3+. The maximum Gasteiger partial charge on any atom is 0.291 e. The van der Waals surface area contributed by atoms with Gasteiger partial charge in [-0.3, -0.25) is 19.3 Å². The van der Waals surface area contributed by atoms with Crippen molar-refractivity contribution in [1.82, 2.24) is 4.90 Å². The van der Waals surface area contributed by atoms with Crippen molar-refractivity contribution in [3.05, 3.63) is 29.3 Å². The standard InChI is InChI=1S/C21H27N3O3/c1-5-6-9-24-18(25)15-16(19(24)26)21(23-17(15)11(2)3)13-10-12(4)7-8-14(13)22-20(21)27/h7-8,10-11,15-17,23H,5-6,9H2,1-4H3,(H,22,27)/p+1/t15-,16-,17+,21+/m0/s1. The third-order valence-corrected chi connectivity index (χ3v) is 6.55. The Bertz CT molecular complexity index is 834. The van der Waals surface area contributed by atoms with Gasteiger partial charge in [-0.2, -0.15) is 0 Å². The molecule has 3 amide bonds. The van der Waals surface area contributed by atoms with Gasteiger partial charge in [0, 0.05) is 18.0 Å². The van der Waals surface area contributed by atoms with Gasteiger partial charge in [-0.1, -0.05) is 38.8 Å². The van der Waals surface area contributed by atoms with Crippen molar-refractivity contribution in [3.8, 4) is 0 Å². The van der Waals surface area contributed by atoms with Gasteiger partial charge >= 0.3 is 0 Å². The largest absolute Gasteiger partial charge is 0.326 e. The van der Waals surface area contributed by atoms with Crippen molar-refractivity contribution < 1.29 is 19.7 Å². The fourth-order valence-corrected chi connectivity index (χ4v) is 5.20. The Morgan fingerprint density at radius 2 is 1.96 bits per heavy atom. The fraction of sp³-hybridized carbons (Fsp3) is 0.571. The number of carbonyl (C=O) groups is 3. The van der Waals surface area contributed by atoms with Crippen molar-refractivity contribution in [3.63, 3.8) is 0 Å². The topological polar surface area (TPSA) is 83.1 Å². The van der Waals surface area contributed by atoms with E-state index in [4.69, 9.17) is 0 Å². The Morgan fingerprint density at radius 1 is 1.22 bits per heavy atom. The molecule has 144 valence electrons. The van der Waals surface area contributed by atoms with Crippen molar-refractivity contribution in [1.29, 1.82) is 0 Å². The van der Waals surface area contributed by atoms with Crippen molar-refractivity contribution >= 4 is 23.4 Å². The van der Waals surface area contributed by atoms with Gasteiger partial charge in [0.1, 0.15) is 17.9 Å². The number of nitrogens with zero attached hydrogens (tertiary/aromatic N) is 1. The summed E-state index contributed by atoms with van der Waals surface area (Å²) in [6.45, 7) is 8.60. The molecule has 3 aliphatic heterocycles. The van der Waals surface area contributed by atoms with Crippen LogP contribution in [0.3, 0.4) is 0 Å². The molecule has 3 heterocycles. The number of carbonyl (C=O) groups excluding carboxylic acids is 3. The highest BCUT2D eigenvalue weighted by Crippen LogP contribution is 2.50. The molecule has 1 aromatic carbocycles. The van der Waals surface area contributed by atoms with E-state index in [1.54, 1.807) is 0 Å². The average Bonchev–Trinajstić information content (AvgIpc) is 3.20. The summed E-state index contributed by atoms with van der Waals surface area (Å²) in [6, 6.07) is 5.77. The zero-order chi connectivity index (χ0) is 19.5. The van der Waals surface area contributed by atoms with Crippen LogP contribution in [0.25, 0.3) is 0 Å². The summed E-state index contributed by atoms with van der Waals surface area (Å²) < 4.78 is 0. The van der Waals surface area contributed by atoms with Crippen molar-refractivity contribution in [2.75, 3.05) is 11.9 Å². The van der Waals surface area contributed by atoms with Gasteiger partial charge in [0.25, 0.3) is 5.91 Å². The van der Waals surface area contributed by atoms with Crippen molar-refractivity contribution in [2.45, 2.75) is 52.1 Å². The van der Waals surface area contributed by atoms with Gasteiger partial charge in [-0.05, 0) is 25.5 Å². The number of benzene rings is 1. The molecule has 0 bridgehead atoms. The quantitative estimate of drug-likeness (QED) is 0.780. The van der Waals surface area contributed by atoms with Crippen LogP contribution in [0.2, 0.25) is 0 Å². The molecule has 27 heavy (non-hydrogen) atoms. The summed E-state index contributed by atoms with van der Waals surface area (Å²) >= 11 is 0. The highest BCUT2D eigenvalue weighted by atomic mass is 16.2. The first-order valence-corrected chi connectivity index (χ1v) is 9.96. The highest BCUT2D eigenvalue weighted by Gasteiger charge is 2.74. The van der Waals surface area contributed by atoms with Gasteiger partial charge in [-0.25, -0.2) is 0 Å². The minimum absolute atomic E-state index is 0.0877. The van der Waals surface area contributed by atoms with E-state index >= 15 is 0 Å². The lowest BCUT2D eigenvalue weighted by molar-refractivity contribution is -0.738. The molecular weight excluding hydrogens is 342 g/mol. The maximum atomic E-state index is 13.4. The molecule has 3 N–H and O–H groups in total. The summed E-state index contributed by atoms with van der Waals surface area (Å²) in [6.07, 6.45) is 1.71. The summed E-state index contributed by atoms with van der Waals surface area (Å²) in [5.41, 5.74) is 1.62. The second kappa shape index (κ2) is 6.16. The lowest BCUT2D eigenvalue weighted by Gasteiger charge is -2.27. The fourth-order valence-electron chi connectivity index (χ4n) is 5.20. The number of nitrogens with two attached hydrogens (primary N) is 1. The van der Waals surface area contributed by atoms with Gasteiger partial charge < -0.3 is 10.6 Å². The third-order valence-electron chi connectivity index (χ3n) is 6.55. The molecule has 0 unspecified atom stereocenters. The zero-order valence-corrected chi connectivity index (χ0v) is 16.4. The molecule has 0 saturated carbocycles. The van der Waals surface area contributed by atoms with Crippen LogP contribution >= 0.6 is 0 Å². The van der Waals surface area contributed by atoms with Gasteiger partial charge in [0.2, 0.25) is 17.4 Å². The Labute approximate surface area is 159 Å². The van der Waals surface area contributed by atoms with Gasteiger partial charge in [0.15, 0.2) is 0 Å². The number of anilines is 1. The van der Waals surface area contributed by atoms with E-state index in [1.807, 2.05) is 37.4 Å². The first-order valence-electron chi connectivity index (χ1n) is 9.96. The number of unbranched alkanes of at least 4 members (excludes halogenated alkanes) is 1. The smallest absolute Gasteiger partial charge is 0.291 e. The molecule has 0 aromatic heterocycles. The number of hydrogen-bond donors (Lipinski definition) is 2. The van der Waals surface area contributed by atoms with Crippen LogP contribution in [0.1, 0.15) is 44.7 Å². The zero-order valence-electron chi connectivity index (χ0n) is 16.4. The molecule has 4 rings (SSSR count). The normalized spacial score (nSPS) is 31.8. The minimum Gasteiger partial charge on any atom is -0.326 e. The monoisotopic (exact) mass is 370 g/mol. The summed E-state index contributed by atoms with van der Waals surface area (Å²) in [7, 11) is 0. The van der Waals surface area contributed by atoms with E-state index in [0.29, 0.717) is 6.54 Å². The molecule has 0 radical (unpaired) electrons. The lowest BCUT2D eigenvalue weighted by Crippen LogP contribution is -2.99. The predicted octanol–water partition coefficient (Wildman–Crippen LogP) is 1.15. The highest BCUT2D eigenvalue weighted by molar-refractivity contribution is 6.13. The Morgan fingerprint density at radius 3 is 2.63 bits per heavy atom. The van der Waals surface area contributed by atoms with E-state index < -0.39 is 17.4 Å². The van der Waals surface area contributed by atoms with Crippen LogP contribution in [0.5, 0.6) is 0 Å². The Hall–Kier alpha value is -2.21. The van der Waals surface area contributed by atoms with Crippen LogP contribution < -0.4 is 10.6 Å². The summed E-state index contributed by atoms with van der Waals surface area (Å²) in [5, 5.41) is 4.99. The molecule has 1 spiro atoms. The van der Waals surface area contributed by atoms with Crippen LogP contribution in [-0.4, -0.2) is 35.2 Å². The van der Waals surface area contributed by atoms with E-state index in [9.17, 15) is 14.4 Å². The van der Waals surface area contributed by atoms with E-state index in [1.165, 1.54) is 4.90 Å². The molecule has 6 nitrogen and oxygen atoms in total. The number of likely N-dealkylation sites (tertiary alicyclic amines) is 1. The van der Waals surface area contributed by atoms with E-state index in [-0.39, 0.29) is 29.7 Å². The van der Waals surface area contributed by atoms with Crippen LogP contribution in [0.4, 0.5) is 5.69 Å². The number of amides is 3. The van der Waals surface area contributed by atoms with Crippen LogP contribution in [-0.2, 0) is 19.9 Å². The van der Waals surface area contributed by atoms with Gasteiger partial charge in [-0.15, -0.1) is 0 Å². The Balaban J connectivity index is 1.86. The van der Waals surface area contributed by atoms with Crippen LogP contribution in [0, 0.1) is 24.7 Å². The molecule has 3 aliphatic rings. The molecule has 2 saturated heterocycles. The summed E-state index contributed by atoms with van der Waals surface area (Å²) in [5.74, 6) is -1.33. The third kappa shape index (κ3) is 2.32. The molecule has 6 heteroatoms. The number of nitrogens with one attached hydrogen (secondary N) is 1. The maximum absolute atomic E-state index is 13.4. The average molecular weight is 370 g/mol. The number of hydrogen-bond acceptors (Lipinski definition) is 3. The number of fused-ring (bicyclic) bond motifs is 4. The molecule has 2 fully saturated rings. The molecule has 1 aromatic rings. The Kier molecular flexibility index (Phi) is 4.14. The minimum atomic E-state index is -1.03. The number of rotatable bonds is 4. The number of quaternary nitrogens is 1. The second-order valence-electron chi connectivity index (χ2n) is 8.55. The lowest BCUT2D eigenvalue weighted by atomic mass is 9.75. The molecule has 4 atom stereocenters. The number of aryl methyl sites for hydroxylation is 1. The number of imide groups is 1. The molecule has 0 aliphatic carbocycles. The first kappa shape index (κ1) is 18.2. The van der Waals surface area contributed by atoms with E-state index in [0.717, 1.165) is 29.7 Å². The second-order valence-corrected chi connectivity index (χ2v) is 8.55. The van der Waals surface area contributed by atoms with Crippen LogP contribution in [0.15, 0.2) is 18.2 Å².